The van der Waals surface area contributed by atoms with E-state index in [1.165, 1.54) is 17.0 Å². The Morgan fingerprint density at radius 2 is 2.00 bits per heavy atom. The molecule has 0 radical (unpaired) electrons. The Kier molecular flexibility index (Phi) is 4.03. The second kappa shape index (κ2) is 6.13. The maximum atomic E-state index is 12.8. The van der Waals surface area contributed by atoms with Crippen LogP contribution in [0.3, 0.4) is 0 Å². The Morgan fingerprint density at radius 3 is 2.69 bits per heavy atom. The molecule has 3 heterocycles. The van der Waals surface area contributed by atoms with Gasteiger partial charge in [0.2, 0.25) is 0 Å². The fourth-order valence-electron chi connectivity index (χ4n) is 4.06. The van der Waals surface area contributed by atoms with E-state index in [9.17, 15) is 4.79 Å². The lowest BCUT2D eigenvalue weighted by Crippen LogP contribution is -2.20. The van der Waals surface area contributed by atoms with Crippen molar-refractivity contribution >= 4 is 34.2 Å². The second-order valence-electron chi connectivity index (χ2n) is 7.26. The standard InChI is InChI=1S/C21H22ClN3O/c1-12(2)25-13(3)9-16(14(25)4)10-15-7-8-24-20(15)23-19-11-17(22)5-6-18(19)21(24)26/h5-6,9-12H,7-8H2,1-4H3/b15-10+. The van der Waals surface area contributed by atoms with Gasteiger partial charge in [0.1, 0.15) is 5.82 Å². The Balaban J connectivity index is 1.88. The minimum Gasteiger partial charge on any atom is -0.346 e. The summed E-state index contributed by atoms with van der Waals surface area (Å²) in [6.45, 7) is 9.34. The molecule has 0 fully saturated rings. The fourth-order valence-corrected chi connectivity index (χ4v) is 4.22. The van der Waals surface area contributed by atoms with Crippen LogP contribution >= 0.6 is 11.6 Å². The molecule has 1 aromatic carbocycles. The fraction of sp³-hybridized carbons (Fsp3) is 0.333. The molecule has 0 amide bonds. The van der Waals surface area contributed by atoms with E-state index in [1.54, 1.807) is 22.8 Å². The zero-order chi connectivity index (χ0) is 18.6. The topological polar surface area (TPSA) is 39.8 Å². The Bertz CT molecular complexity index is 1120. The van der Waals surface area contributed by atoms with Gasteiger partial charge in [0.05, 0.1) is 10.9 Å². The van der Waals surface area contributed by atoms with E-state index < -0.39 is 0 Å². The van der Waals surface area contributed by atoms with Crippen LogP contribution < -0.4 is 5.56 Å². The minimum absolute atomic E-state index is 0.0118. The first-order valence-corrected chi connectivity index (χ1v) is 9.34. The van der Waals surface area contributed by atoms with Gasteiger partial charge in [-0.3, -0.25) is 9.36 Å². The minimum atomic E-state index is 0.0118. The molecular formula is C21H22ClN3O. The van der Waals surface area contributed by atoms with Gasteiger partial charge in [0.25, 0.3) is 5.56 Å². The number of nitrogens with zero attached hydrogens (tertiary/aromatic N) is 3. The number of aryl methyl sites for hydroxylation is 1. The molecule has 134 valence electrons. The average Bonchev–Trinajstić information content (AvgIpc) is 3.09. The first-order chi connectivity index (χ1) is 12.4. The molecule has 4 nitrogen and oxygen atoms in total. The summed E-state index contributed by atoms with van der Waals surface area (Å²) in [7, 11) is 0. The van der Waals surface area contributed by atoms with Gasteiger partial charge in [-0.1, -0.05) is 11.6 Å². The van der Waals surface area contributed by atoms with Crippen LogP contribution in [0.1, 0.15) is 49.1 Å². The van der Waals surface area contributed by atoms with Crippen molar-refractivity contribution in [2.45, 2.75) is 46.7 Å². The molecule has 26 heavy (non-hydrogen) atoms. The highest BCUT2D eigenvalue weighted by atomic mass is 35.5. The predicted octanol–water partition coefficient (Wildman–Crippen LogP) is 4.99. The first-order valence-electron chi connectivity index (χ1n) is 8.96. The molecule has 0 unspecified atom stereocenters. The van der Waals surface area contributed by atoms with Gasteiger partial charge in [-0.2, -0.15) is 0 Å². The molecule has 1 aliphatic heterocycles. The van der Waals surface area contributed by atoms with Gasteiger partial charge in [0.15, 0.2) is 0 Å². The van der Waals surface area contributed by atoms with Gasteiger partial charge < -0.3 is 4.57 Å². The third-order valence-corrected chi connectivity index (χ3v) is 5.41. The van der Waals surface area contributed by atoms with E-state index in [0.717, 1.165) is 17.8 Å². The number of benzene rings is 1. The maximum absolute atomic E-state index is 12.8. The molecule has 0 spiro atoms. The number of hydrogen-bond acceptors (Lipinski definition) is 2. The molecular weight excluding hydrogens is 346 g/mol. The number of allylic oxidation sites excluding steroid dienone is 1. The summed E-state index contributed by atoms with van der Waals surface area (Å²) in [5.74, 6) is 0.763. The van der Waals surface area contributed by atoms with Gasteiger partial charge in [0, 0.05) is 29.0 Å². The van der Waals surface area contributed by atoms with Crippen LogP contribution in [0, 0.1) is 13.8 Å². The van der Waals surface area contributed by atoms with Gasteiger partial charge in [-0.15, -0.1) is 0 Å². The van der Waals surface area contributed by atoms with E-state index in [2.05, 4.69) is 44.4 Å². The highest BCUT2D eigenvalue weighted by Crippen LogP contribution is 2.30. The molecule has 5 heteroatoms. The summed E-state index contributed by atoms with van der Waals surface area (Å²) < 4.78 is 4.12. The summed E-state index contributed by atoms with van der Waals surface area (Å²) in [5, 5.41) is 1.22. The Morgan fingerprint density at radius 1 is 1.23 bits per heavy atom. The summed E-state index contributed by atoms with van der Waals surface area (Å²) in [5.41, 5.74) is 5.47. The van der Waals surface area contributed by atoms with Crippen molar-refractivity contribution in [1.82, 2.24) is 14.1 Å². The van der Waals surface area contributed by atoms with Crippen LogP contribution in [-0.4, -0.2) is 14.1 Å². The molecule has 4 rings (SSSR count). The van der Waals surface area contributed by atoms with Crippen LogP contribution in [0.5, 0.6) is 0 Å². The van der Waals surface area contributed by atoms with Crippen LogP contribution in [0.15, 0.2) is 29.1 Å². The van der Waals surface area contributed by atoms with E-state index in [1.807, 2.05) is 0 Å². The molecule has 0 atom stereocenters. The smallest absolute Gasteiger partial charge is 0.261 e. The van der Waals surface area contributed by atoms with Crippen LogP contribution in [-0.2, 0) is 6.54 Å². The maximum Gasteiger partial charge on any atom is 0.261 e. The Labute approximate surface area is 157 Å². The van der Waals surface area contributed by atoms with Crippen molar-refractivity contribution in [2.75, 3.05) is 0 Å². The van der Waals surface area contributed by atoms with E-state index in [0.29, 0.717) is 28.5 Å². The summed E-state index contributed by atoms with van der Waals surface area (Å²) >= 11 is 6.09. The van der Waals surface area contributed by atoms with Gasteiger partial charge in [-0.05, 0) is 75.6 Å². The van der Waals surface area contributed by atoms with Crippen LogP contribution in [0.25, 0.3) is 22.6 Å². The van der Waals surface area contributed by atoms with Crippen molar-refractivity contribution < 1.29 is 0 Å². The van der Waals surface area contributed by atoms with Crippen molar-refractivity contribution in [3.63, 3.8) is 0 Å². The van der Waals surface area contributed by atoms with Crippen molar-refractivity contribution in [3.05, 3.63) is 62.4 Å². The number of aromatic nitrogens is 3. The van der Waals surface area contributed by atoms with E-state index >= 15 is 0 Å². The molecule has 0 saturated heterocycles. The lowest BCUT2D eigenvalue weighted by atomic mass is 10.1. The number of hydrogen-bond donors (Lipinski definition) is 0. The molecule has 0 bridgehead atoms. The molecule has 0 saturated carbocycles. The van der Waals surface area contributed by atoms with E-state index in [4.69, 9.17) is 16.6 Å². The molecule has 0 aliphatic carbocycles. The van der Waals surface area contributed by atoms with Crippen LogP contribution in [0.4, 0.5) is 0 Å². The molecule has 2 aromatic heterocycles. The van der Waals surface area contributed by atoms with Crippen molar-refractivity contribution in [2.24, 2.45) is 0 Å². The lowest BCUT2D eigenvalue weighted by Gasteiger charge is -2.13. The number of fused-ring (bicyclic) bond motifs is 2. The van der Waals surface area contributed by atoms with Crippen molar-refractivity contribution in [1.29, 1.82) is 0 Å². The highest BCUT2D eigenvalue weighted by molar-refractivity contribution is 6.31. The SMILES string of the molecule is Cc1cc(/C=C2\CCn3c2nc2cc(Cl)ccc2c3=O)c(C)n1C(C)C. The van der Waals surface area contributed by atoms with E-state index in [-0.39, 0.29) is 5.56 Å². The second-order valence-corrected chi connectivity index (χ2v) is 7.70. The first kappa shape index (κ1) is 17.1. The number of halogens is 1. The lowest BCUT2D eigenvalue weighted by molar-refractivity contribution is 0.574. The third-order valence-electron chi connectivity index (χ3n) is 5.18. The molecule has 1 aliphatic rings. The number of rotatable bonds is 2. The Hall–Kier alpha value is -2.33. The molecule has 3 aromatic rings. The average molecular weight is 368 g/mol. The quantitative estimate of drug-likeness (QED) is 0.639. The highest BCUT2D eigenvalue weighted by Gasteiger charge is 2.22. The largest absolute Gasteiger partial charge is 0.346 e. The third kappa shape index (κ3) is 2.60. The van der Waals surface area contributed by atoms with Gasteiger partial charge >= 0.3 is 0 Å². The summed E-state index contributed by atoms with van der Waals surface area (Å²) in [4.78, 5) is 17.5. The zero-order valence-electron chi connectivity index (χ0n) is 15.5. The predicted molar refractivity (Wildman–Crippen MR) is 108 cm³/mol. The summed E-state index contributed by atoms with van der Waals surface area (Å²) in [6.07, 6.45) is 3.00. The van der Waals surface area contributed by atoms with Crippen LogP contribution in [0.2, 0.25) is 5.02 Å². The van der Waals surface area contributed by atoms with Gasteiger partial charge in [-0.25, -0.2) is 4.98 Å². The monoisotopic (exact) mass is 367 g/mol. The van der Waals surface area contributed by atoms with Crippen molar-refractivity contribution in [3.8, 4) is 0 Å². The normalized spacial score (nSPS) is 15.4. The summed E-state index contributed by atoms with van der Waals surface area (Å²) in [6, 6.07) is 7.90. The molecule has 0 N–H and O–H groups in total. The zero-order valence-corrected chi connectivity index (χ0v) is 16.3.